The van der Waals surface area contributed by atoms with Crippen molar-refractivity contribution in [2.75, 3.05) is 12.5 Å². The van der Waals surface area contributed by atoms with Gasteiger partial charge in [-0.15, -0.1) is 0 Å². The molecule has 1 aromatic carbocycles. The van der Waals surface area contributed by atoms with Gasteiger partial charge >= 0.3 is 12.1 Å². The van der Waals surface area contributed by atoms with Gasteiger partial charge in [-0.3, -0.25) is 5.43 Å². The van der Waals surface area contributed by atoms with Crippen molar-refractivity contribution >= 4 is 28.7 Å². The molecule has 0 aliphatic heterocycles. The Morgan fingerprint density at radius 3 is 2.58 bits per heavy atom. The maximum atomic E-state index is 12.5. The van der Waals surface area contributed by atoms with Crippen LogP contribution in [0.2, 0.25) is 0 Å². The van der Waals surface area contributed by atoms with Gasteiger partial charge in [-0.05, 0) is 24.1 Å². The van der Waals surface area contributed by atoms with E-state index >= 15 is 0 Å². The molecule has 0 bridgehead atoms. The summed E-state index contributed by atoms with van der Waals surface area (Å²) in [5, 5.41) is 4.32. The number of anilines is 1. The fourth-order valence-corrected chi connectivity index (χ4v) is 2.73. The van der Waals surface area contributed by atoms with Gasteiger partial charge in [0.2, 0.25) is 5.13 Å². The Hall–Kier alpha value is -2.42. The topological polar surface area (TPSA) is 63.6 Å². The monoisotopic (exact) mass is 357 g/mol. The van der Waals surface area contributed by atoms with Gasteiger partial charge in [0.25, 0.3) is 0 Å². The maximum Gasteiger partial charge on any atom is 0.416 e. The van der Waals surface area contributed by atoms with E-state index in [-0.39, 0.29) is 0 Å². The summed E-state index contributed by atoms with van der Waals surface area (Å²) in [4.78, 5) is 16.2. The highest BCUT2D eigenvalue weighted by Gasteiger charge is 2.29. The number of rotatable bonds is 5. The number of halogens is 3. The van der Waals surface area contributed by atoms with Gasteiger partial charge in [0.15, 0.2) is 0 Å². The Kier molecular flexibility index (Phi) is 5.55. The second-order valence-corrected chi connectivity index (χ2v) is 5.63. The van der Waals surface area contributed by atoms with Crippen molar-refractivity contribution in [2.45, 2.75) is 19.5 Å². The predicted molar refractivity (Wildman–Crippen MR) is 85.5 cm³/mol. The van der Waals surface area contributed by atoms with Crippen LogP contribution >= 0.6 is 11.3 Å². The molecule has 1 heterocycles. The van der Waals surface area contributed by atoms with Gasteiger partial charge in [0.05, 0.1) is 24.6 Å². The lowest BCUT2D eigenvalue weighted by Gasteiger charge is -2.05. The Morgan fingerprint density at radius 1 is 1.38 bits per heavy atom. The van der Waals surface area contributed by atoms with Gasteiger partial charge in [-0.25, -0.2) is 9.78 Å². The number of aromatic nitrogens is 1. The minimum atomic E-state index is -4.37. The molecule has 5 nitrogen and oxygen atoms in total. The van der Waals surface area contributed by atoms with Crippen molar-refractivity contribution in [3.63, 3.8) is 0 Å². The van der Waals surface area contributed by atoms with Crippen LogP contribution in [0.25, 0.3) is 0 Å². The lowest BCUT2D eigenvalue weighted by atomic mass is 10.1. The third-order valence-electron chi connectivity index (χ3n) is 3.01. The molecule has 24 heavy (non-hydrogen) atoms. The first-order valence-corrected chi connectivity index (χ1v) is 7.71. The SMILES string of the molecule is CCc1nc(N/N=C\c2ccc(C(F)(F)F)cc2)sc1C(=O)OC. The van der Waals surface area contributed by atoms with E-state index in [1.165, 1.54) is 25.5 Å². The molecule has 9 heteroatoms. The third-order valence-corrected chi connectivity index (χ3v) is 4.00. The smallest absolute Gasteiger partial charge is 0.416 e. The van der Waals surface area contributed by atoms with E-state index in [0.717, 1.165) is 23.5 Å². The van der Waals surface area contributed by atoms with Crippen molar-refractivity contribution in [1.29, 1.82) is 0 Å². The Labute approximate surface area is 140 Å². The quantitative estimate of drug-likeness (QED) is 0.500. The van der Waals surface area contributed by atoms with Crippen LogP contribution in [-0.4, -0.2) is 24.3 Å². The molecule has 0 unspecified atom stereocenters. The van der Waals surface area contributed by atoms with Crippen LogP contribution in [0.5, 0.6) is 0 Å². The summed E-state index contributed by atoms with van der Waals surface area (Å²) < 4.78 is 42.1. The van der Waals surface area contributed by atoms with Crippen molar-refractivity contribution < 1.29 is 22.7 Å². The second-order valence-electron chi connectivity index (χ2n) is 4.63. The van der Waals surface area contributed by atoms with Gasteiger partial charge < -0.3 is 4.74 Å². The number of alkyl halides is 3. The molecule has 0 aliphatic carbocycles. The second kappa shape index (κ2) is 7.43. The fourth-order valence-electron chi connectivity index (χ4n) is 1.81. The number of esters is 1. The van der Waals surface area contributed by atoms with E-state index in [2.05, 4.69) is 20.2 Å². The van der Waals surface area contributed by atoms with Crippen molar-refractivity contribution in [2.24, 2.45) is 5.10 Å². The zero-order chi connectivity index (χ0) is 17.7. The van der Waals surface area contributed by atoms with E-state index in [9.17, 15) is 18.0 Å². The van der Waals surface area contributed by atoms with Crippen molar-refractivity contribution in [1.82, 2.24) is 4.98 Å². The first-order valence-electron chi connectivity index (χ1n) is 6.89. The zero-order valence-electron chi connectivity index (χ0n) is 12.8. The largest absolute Gasteiger partial charge is 0.465 e. The van der Waals surface area contributed by atoms with Crippen LogP contribution in [0.1, 0.15) is 33.4 Å². The number of carbonyl (C=O) groups excluding carboxylic acids is 1. The zero-order valence-corrected chi connectivity index (χ0v) is 13.7. The Morgan fingerprint density at radius 2 is 2.04 bits per heavy atom. The van der Waals surface area contributed by atoms with Crippen molar-refractivity contribution in [3.05, 3.63) is 46.0 Å². The number of hydrazone groups is 1. The number of carbonyl (C=O) groups is 1. The van der Waals surface area contributed by atoms with E-state index < -0.39 is 17.7 Å². The maximum absolute atomic E-state index is 12.5. The summed E-state index contributed by atoms with van der Waals surface area (Å²) in [6, 6.07) is 4.59. The number of methoxy groups -OCH3 is 1. The van der Waals surface area contributed by atoms with Gasteiger partial charge in [0.1, 0.15) is 4.88 Å². The summed E-state index contributed by atoms with van der Waals surface area (Å²) in [6.07, 6.45) is -2.44. The molecule has 0 atom stereocenters. The standard InChI is InChI=1S/C15H14F3N3O2S/c1-3-11-12(13(22)23-2)24-14(20-11)21-19-8-9-4-6-10(7-5-9)15(16,17)18/h4-8H,3H2,1-2H3,(H,20,21)/b19-8-. The van der Waals surface area contributed by atoms with E-state index in [1.54, 1.807) is 0 Å². The summed E-state index contributed by atoms with van der Waals surface area (Å²) in [7, 11) is 1.29. The van der Waals surface area contributed by atoms with Crippen molar-refractivity contribution in [3.8, 4) is 0 Å². The Bertz CT molecular complexity index is 739. The number of hydrogen-bond donors (Lipinski definition) is 1. The number of ether oxygens (including phenoxy) is 1. The highest BCUT2D eigenvalue weighted by Crippen LogP contribution is 2.29. The molecular weight excluding hydrogens is 343 g/mol. The predicted octanol–water partition coefficient (Wildman–Crippen LogP) is 3.96. The number of benzene rings is 1. The molecule has 0 spiro atoms. The highest BCUT2D eigenvalue weighted by molar-refractivity contribution is 7.17. The first-order chi connectivity index (χ1) is 11.3. The first kappa shape index (κ1) is 17.9. The summed E-state index contributed by atoms with van der Waals surface area (Å²) in [5.74, 6) is -0.468. The molecule has 0 amide bonds. The average molecular weight is 357 g/mol. The molecule has 2 rings (SSSR count). The minimum Gasteiger partial charge on any atom is -0.465 e. The Balaban J connectivity index is 2.06. The van der Waals surface area contributed by atoms with E-state index in [1.807, 2.05) is 6.92 Å². The normalized spacial score (nSPS) is 11.7. The van der Waals surface area contributed by atoms with Gasteiger partial charge in [0, 0.05) is 0 Å². The molecule has 0 radical (unpaired) electrons. The average Bonchev–Trinajstić information content (AvgIpc) is 2.97. The number of nitrogens with one attached hydrogen (secondary N) is 1. The third kappa shape index (κ3) is 4.31. The number of nitrogens with zero attached hydrogens (tertiary/aromatic N) is 2. The molecule has 0 saturated carbocycles. The molecular formula is C15H14F3N3O2S. The van der Waals surface area contributed by atoms with E-state index in [4.69, 9.17) is 0 Å². The molecule has 1 aromatic heterocycles. The molecule has 0 fully saturated rings. The number of thiazole rings is 1. The number of hydrogen-bond acceptors (Lipinski definition) is 6. The van der Waals surface area contributed by atoms with Gasteiger partial charge in [-0.1, -0.05) is 30.4 Å². The van der Waals surface area contributed by atoms with Gasteiger partial charge in [-0.2, -0.15) is 18.3 Å². The molecule has 1 N–H and O–H groups in total. The van der Waals surface area contributed by atoms with Crippen LogP contribution in [0.15, 0.2) is 29.4 Å². The fraction of sp³-hybridized carbons (Fsp3) is 0.267. The molecule has 128 valence electrons. The summed E-state index contributed by atoms with van der Waals surface area (Å²) in [5.41, 5.74) is 3.03. The lowest BCUT2D eigenvalue weighted by molar-refractivity contribution is -0.137. The summed E-state index contributed by atoms with van der Waals surface area (Å²) in [6.45, 7) is 1.86. The molecule has 2 aromatic rings. The van der Waals surface area contributed by atoms with Crippen LogP contribution < -0.4 is 5.43 Å². The van der Waals surface area contributed by atoms with Crippen LogP contribution in [0, 0.1) is 0 Å². The van der Waals surface area contributed by atoms with Crippen LogP contribution in [0.3, 0.4) is 0 Å². The number of aryl methyl sites for hydroxylation is 1. The minimum absolute atomic E-state index is 0.396. The molecule has 0 saturated heterocycles. The summed E-state index contributed by atoms with van der Waals surface area (Å²) >= 11 is 1.10. The van der Waals surface area contributed by atoms with E-state index in [0.29, 0.717) is 27.7 Å². The van der Waals surface area contributed by atoms with Crippen LogP contribution in [-0.2, 0) is 17.3 Å². The van der Waals surface area contributed by atoms with Crippen LogP contribution in [0.4, 0.5) is 18.3 Å². The lowest BCUT2D eigenvalue weighted by Crippen LogP contribution is -2.04. The highest BCUT2D eigenvalue weighted by atomic mass is 32.1. The molecule has 0 aliphatic rings.